The molecule has 0 aliphatic carbocycles. The Morgan fingerprint density at radius 2 is 1.84 bits per heavy atom. The number of nitrogens with zero attached hydrogens (tertiary/aromatic N) is 1. The second-order valence-electron chi connectivity index (χ2n) is 7.20. The molecule has 1 fully saturated rings. The van der Waals surface area contributed by atoms with Gasteiger partial charge in [-0.1, -0.05) is 29.3 Å². The number of likely N-dealkylation sites (tertiary alicyclic amines) is 1. The topological polar surface area (TPSA) is 106 Å². The molecule has 0 bridgehead atoms. The maximum absolute atomic E-state index is 12.6. The van der Waals surface area contributed by atoms with Crippen molar-refractivity contribution in [3.63, 3.8) is 0 Å². The normalized spacial score (nSPS) is 14.6. The lowest BCUT2D eigenvalue weighted by Gasteiger charge is -2.32. The molecule has 2 aromatic rings. The van der Waals surface area contributed by atoms with Crippen LogP contribution < -0.4 is 14.7 Å². The van der Waals surface area contributed by atoms with Crippen LogP contribution in [-0.4, -0.2) is 39.0 Å². The highest BCUT2D eigenvalue weighted by molar-refractivity contribution is 7.87. The van der Waals surface area contributed by atoms with Gasteiger partial charge in [-0.3, -0.25) is 5.41 Å². The van der Waals surface area contributed by atoms with Crippen molar-refractivity contribution < 1.29 is 17.3 Å². The summed E-state index contributed by atoms with van der Waals surface area (Å²) in [5, 5.41) is 7.54. The van der Waals surface area contributed by atoms with Crippen LogP contribution in [0.25, 0.3) is 0 Å². The first-order valence-electron chi connectivity index (χ1n) is 9.37. The Morgan fingerprint density at radius 3 is 2.48 bits per heavy atom. The Morgan fingerprint density at radius 1 is 1.19 bits per heavy atom. The number of benzene rings is 2. The van der Waals surface area contributed by atoms with Crippen LogP contribution in [0.15, 0.2) is 41.3 Å². The van der Waals surface area contributed by atoms with E-state index in [4.69, 9.17) is 43.3 Å². The monoisotopic (exact) mass is 507 g/mol. The number of aryl methyl sites for hydroxylation is 1. The van der Waals surface area contributed by atoms with E-state index in [-0.39, 0.29) is 39.1 Å². The van der Waals surface area contributed by atoms with Gasteiger partial charge in [-0.15, -0.1) is 12.4 Å². The highest BCUT2D eigenvalue weighted by atomic mass is 35.5. The number of ether oxygens (including phenoxy) is 1. The van der Waals surface area contributed by atoms with E-state index in [0.29, 0.717) is 18.3 Å². The fourth-order valence-corrected chi connectivity index (χ4v) is 4.90. The minimum absolute atomic E-state index is 0. The van der Waals surface area contributed by atoms with E-state index in [2.05, 4.69) is 0 Å². The number of nitrogens with two attached hydrogens (primary N) is 1. The number of rotatable bonds is 6. The summed E-state index contributed by atoms with van der Waals surface area (Å²) in [6, 6.07) is 9.29. The summed E-state index contributed by atoms with van der Waals surface area (Å²) in [6.07, 6.45) is 1.74. The summed E-state index contributed by atoms with van der Waals surface area (Å²) >= 11 is 12.0. The molecule has 1 heterocycles. The minimum atomic E-state index is -4.16. The molecule has 2 aromatic carbocycles. The lowest BCUT2D eigenvalue weighted by Crippen LogP contribution is -2.43. The molecule has 1 saturated heterocycles. The third-order valence-corrected chi connectivity index (χ3v) is 7.08. The SMILES string of the molecule is Cc1cc(OCC2CCN(C(=N)N)CC2)cc(OS(=O)(=O)c2cccc(Cl)c2Cl)c1.Cl. The van der Waals surface area contributed by atoms with E-state index in [1.54, 1.807) is 6.07 Å². The van der Waals surface area contributed by atoms with E-state index >= 15 is 0 Å². The number of halogens is 3. The molecule has 1 aliphatic rings. The van der Waals surface area contributed by atoms with Crippen molar-refractivity contribution in [2.24, 2.45) is 11.7 Å². The Labute approximate surface area is 198 Å². The van der Waals surface area contributed by atoms with Crippen molar-refractivity contribution in [1.82, 2.24) is 4.90 Å². The number of hydrogen-bond acceptors (Lipinski definition) is 5. The molecule has 1 aliphatic heterocycles. The van der Waals surface area contributed by atoms with E-state index in [9.17, 15) is 8.42 Å². The van der Waals surface area contributed by atoms with Crippen molar-refractivity contribution in [2.75, 3.05) is 19.7 Å². The van der Waals surface area contributed by atoms with Gasteiger partial charge in [0.2, 0.25) is 0 Å². The number of hydrogen-bond donors (Lipinski definition) is 2. The standard InChI is InChI=1S/C20H23Cl2N3O4S.ClH/c1-13-9-15(28-12-14-5-7-25(8-6-14)20(23)24)11-16(10-13)29-30(26,27)18-4-2-3-17(21)19(18)22;/h2-4,9-11,14H,5-8,12H2,1H3,(H3,23,24);1H. The minimum Gasteiger partial charge on any atom is -0.493 e. The largest absolute Gasteiger partial charge is 0.493 e. The molecule has 170 valence electrons. The van der Waals surface area contributed by atoms with E-state index in [1.165, 1.54) is 24.3 Å². The number of nitrogens with one attached hydrogen (secondary N) is 1. The van der Waals surface area contributed by atoms with Crippen molar-refractivity contribution in [3.05, 3.63) is 52.0 Å². The quantitative estimate of drug-likeness (QED) is 0.339. The Hall–Kier alpha value is -1.87. The predicted octanol–water partition coefficient (Wildman–Crippen LogP) is 4.48. The first-order chi connectivity index (χ1) is 14.2. The third kappa shape index (κ3) is 6.55. The lowest BCUT2D eigenvalue weighted by molar-refractivity contribution is 0.180. The maximum Gasteiger partial charge on any atom is 0.340 e. The van der Waals surface area contributed by atoms with Gasteiger partial charge in [0, 0.05) is 19.2 Å². The predicted molar refractivity (Wildman–Crippen MR) is 124 cm³/mol. The number of piperidine rings is 1. The molecule has 3 rings (SSSR count). The van der Waals surface area contributed by atoms with Crippen LogP contribution in [0.3, 0.4) is 0 Å². The van der Waals surface area contributed by atoms with E-state index < -0.39 is 10.1 Å². The van der Waals surface area contributed by atoms with Crippen LogP contribution in [0, 0.1) is 18.3 Å². The summed E-state index contributed by atoms with van der Waals surface area (Å²) < 4.78 is 36.5. The van der Waals surface area contributed by atoms with E-state index in [1.807, 2.05) is 17.9 Å². The third-order valence-electron chi connectivity index (χ3n) is 4.86. The van der Waals surface area contributed by atoms with Gasteiger partial charge < -0.3 is 19.6 Å². The molecule has 3 N–H and O–H groups in total. The number of guanidine groups is 1. The van der Waals surface area contributed by atoms with Crippen LogP contribution in [0.2, 0.25) is 10.0 Å². The zero-order chi connectivity index (χ0) is 21.9. The summed E-state index contributed by atoms with van der Waals surface area (Å²) in [4.78, 5) is 1.64. The van der Waals surface area contributed by atoms with Gasteiger partial charge in [-0.05, 0) is 55.5 Å². The van der Waals surface area contributed by atoms with Crippen molar-refractivity contribution in [3.8, 4) is 11.5 Å². The second-order valence-corrected chi connectivity index (χ2v) is 9.50. The van der Waals surface area contributed by atoms with Crippen LogP contribution in [0.4, 0.5) is 0 Å². The molecule has 0 saturated carbocycles. The average molecular weight is 509 g/mol. The van der Waals surface area contributed by atoms with Gasteiger partial charge in [0.15, 0.2) is 5.96 Å². The Balaban J connectivity index is 0.00000341. The smallest absolute Gasteiger partial charge is 0.340 e. The lowest BCUT2D eigenvalue weighted by atomic mass is 9.98. The molecule has 0 radical (unpaired) electrons. The molecular weight excluding hydrogens is 485 g/mol. The van der Waals surface area contributed by atoms with Crippen molar-refractivity contribution in [2.45, 2.75) is 24.7 Å². The fourth-order valence-electron chi connectivity index (χ4n) is 3.25. The summed E-state index contributed by atoms with van der Waals surface area (Å²) in [7, 11) is -4.16. The first-order valence-corrected chi connectivity index (χ1v) is 11.5. The molecule has 0 spiro atoms. The molecular formula is C20H24Cl3N3O4S. The summed E-state index contributed by atoms with van der Waals surface area (Å²) in [5.74, 6) is 1.08. The van der Waals surface area contributed by atoms with Gasteiger partial charge >= 0.3 is 10.1 Å². The Kier molecular flexibility index (Phi) is 8.71. The van der Waals surface area contributed by atoms with Gasteiger partial charge in [0.1, 0.15) is 16.4 Å². The molecule has 0 aromatic heterocycles. The van der Waals surface area contributed by atoms with Crippen LogP contribution in [0.5, 0.6) is 11.5 Å². The van der Waals surface area contributed by atoms with E-state index in [0.717, 1.165) is 31.5 Å². The molecule has 0 amide bonds. The van der Waals surface area contributed by atoms with Crippen molar-refractivity contribution >= 4 is 51.7 Å². The van der Waals surface area contributed by atoms with Crippen LogP contribution in [-0.2, 0) is 10.1 Å². The van der Waals surface area contributed by atoms with Gasteiger partial charge in [-0.25, -0.2) is 0 Å². The average Bonchev–Trinajstić information content (AvgIpc) is 2.68. The van der Waals surface area contributed by atoms with Crippen LogP contribution >= 0.6 is 35.6 Å². The fraction of sp³-hybridized carbons (Fsp3) is 0.350. The molecule has 0 unspecified atom stereocenters. The molecule has 0 atom stereocenters. The first kappa shape index (κ1) is 25.4. The zero-order valence-electron chi connectivity index (χ0n) is 16.8. The second kappa shape index (κ2) is 10.6. The van der Waals surface area contributed by atoms with Gasteiger partial charge in [-0.2, -0.15) is 8.42 Å². The van der Waals surface area contributed by atoms with Gasteiger partial charge in [0.25, 0.3) is 0 Å². The maximum atomic E-state index is 12.6. The Bertz CT molecular complexity index is 1040. The summed E-state index contributed by atoms with van der Waals surface area (Å²) in [5.41, 5.74) is 6.31. The zero-order valence-corrected chi connectivity index (χ0v) is 20.0. The van der Waals surface area contributed by atoms with Crippen LogP contribution in [0.1, 0.15) is 18.4 Å². The molecule has 7 nitrogen and oxygen atoms in total. The highest BCUT2D eigenvalue weighted by Gasteiger charge is 2.23. The molecule has 11 heteroatoms. The van der Waals surface area contributed by atoms with Gasteiger partial charge in [0.05, 0.1) is 16.7 Å². The summed E-state index contributed by atoms with van der Waals surface area (Å²) in [6.45, 7) is 3.76. The molecule has 31 heavy (non-hydrogen) atoms. The highest BCUT2D eigenvalue weighted by Crippen LogP contribution is 2.32. The van der Waals surface area contributed by atoms with Crippen molar-refractivity contribution in [1.29, 1.82) is 5.41 Å².